The van der Waals surface area contributed by atoms with E-state index in [0.29, 0.717) is 44.8 Å². The predicted octanol–water partition coefficient (Wildman–Crippen LogP) is 1.87. The first kappa shape index (κ1) is 20.7. The van der Waals surface area contributed by atoms with Crippen LogP contribution >= 0.6 is 0 Å². The van der Waals surface area contributed by atoms with Crippen LogP contribution in [0, 0.1) is 0 Å². The minimum atomic E-state index is -0.804. The molecule has 1 aromatic heterocycles. The van der Waals surface area contributed by atoms with Gasteiger partial charge >= 0.3 is 6.03 Å². The molecule has 1 aromatic carbocycles. The highest BCUT2D eigenvalue weighted by Crippen LogP contribution is 2.32. The second-order valence-electron chi connectivity index (χ2n) is 8.09. The summed E-state index contributed by atoms with van der Waals surface area (Å²) in [5.41, 5.74) is 1.61. The molecule has 0 unspecified atom stereocenters. The van der Waals surface area contributed by atoms with Crippen molar-refractivity contribution in [1.82, 2.24) is 19.6 Å². The first-order valence-corrected chi connectivity index (χ1v) is 10.4. The maximum absolute atomic E-state index is 12.6. The molecule has 3 heterocycles. The molecular formula is C22H28N4O4. The number of carbonyl (C=O) groups excluding carboxylic acids is 2. The van der Waals surface area contributed by atoms with Crippen molar-refractivity contribution in [2.75, 3.05) is 39.4 Å². The molecule has 2 fully saturated rings. The van der Waals surface area contributed by atoms with Crippen molar-refractivity contribution in [2.45, 2.75) is 31.9 Å². The number of carbonyl (C=O) groups is 2. The fourth-order valence-corrected chi connectivity index (χ4v) is 4.08. The summed E-state index contributed by atoms with van der Waals surface area (Å²) < 4.78 is 6.63. The Kier molecular flexibility index (Phi) is 5.99. The molecule has 160 valence electrons. The second-order valence-corrected chi connectivity index (χ2v) is 8.09. The van der Waals surface area contributed by atoms with Crippen molar-refractivity contribution in [2.24, 2.45) is 0 Å². The fourth-order valence-electron chi connectivity index (χ4n) is 4.08. The van der Waals surface area contributed by atoms with Crippen molar-refractivity contribution in [3.05, 3.63) is 53.3 Å². The lowest BCUT2D eigenvalue weighted by molar-refractivity contribution is -0.0679. The number of aromatic nitrogens is 2. The van der Waals surface area contributed by atoms with Gasteiger partial charge in [0, 0.05) is 71.9 Å². The van der Waals surface area contributed by atoms with E-state index in [2.05, 4.69) is 22.1 Å². The van der Waals surface area contributed by atoms with Crippen molar-refractivity contribution in [3.8, 4) is 0 Å². The molecule has 0 radical (unpaired) electrons. The largest absolute Gasteiger partial charge is 0.385 e. The maximum Gasteiger partial charge on any atom is 0.344 e. The molecule has 30 heavy (non-hydrogen) atoms. The van der Waals surface area contributed by atoms with E-state index in [9.17, 15) is 14.7 Å². The Morgan fingerprint density at radius 3 is 2.53 bits per heavy atom. The second kappa shape index (κ2) is 8.67. The lowest BCUT2D eigenvalue weighted by Crippen LogP contribution is -2.49. The Bertz CT molecular complexity index is 911. The number of aliphatic hydroxyl groups is 1. The summed E-state index contributed by atoms with van der Waals surface area (Å²) in [5, 5.41) is 15.0. The minimum absolute atomic E-state index is 0.154. The molecule has 0 saturated carbocycles. The van der Waals surface area contributed by atoms with E-state index in [0.717, 1.165) is 30.8 Å². The van der Waals surface area contributed by atoms with Crippen LogP contribution in [0.1, 0.15) is 41.4 Å². The lowest BCUT2D eigenvalue weighted by Gasteiger charge is -2.35. The molecule has 0 atom stereocenters. The van der Waals surface area contributed by atoms with Gasteiger partial charge in [-0.25, -0.2) is 4.79 Å². The molecule has 2 saturated heterocycles. The van der Waals surface area contributed by atoms with Gasteiger partial charge in [-0.05, 0) is 17.2 Å². The molecule has 0 bridgehead atoms. The number of hydrogen-bond acceptors (Lipinski definition) is 6. The van der Waals surface area contributed by atoms with E-state index in [4.69, 9.17) is 4.74 Å². The van der Waals surface area contributed by atoms with Gasteiger partial charge in [0.2, 0.25) is 0 Å². The summed E-state index contributed by atoms with van der Waals surface area (Å²) in [7, 11) is 0. The third-order valence-corrected chi connectivity index (χ3v) is 5.98. The minimum Gasteiger partial charge on any atom is -0.385 e. The zero-order valence-corrected chi connectivity index (χ0v) is 17.3. The number of piperazine rings is 1. The molecule has 8 nitrogen and oxygen atoms in total. The summed E-state index contributed by atoms with van der Waals surface area (Å²) in [5.74, 6) is -0.154. The Labute approximate surface area is 176 Å². The lowest BCUT2D eigenvalue weighted by atomic mass is 9.86. The number of rotatable bonds is 4. The van der Waals surface area contributed by atoms with E-state index in [1.165, 1.54) is 17.8 Å². The first-order chi connectivity index (χ1) is 14.4. The SMILES string of the molecule is CC(=O)c1ccn(C(=O)N2CCN(Cc3cccc(C4(O)CCOCC4)c3)CC2)n1. The van der Waals surface area contributed by atoms with E-state index in [-0.39, 0.29) is 11.8 Å². The Balaban J connectivity index is 1.34. The number of amides is 1. The van der Waals surface area contributed by atoms with Crippen LogP contribution in [0.15, 0.2) is 36.5 Å². The van der Waals surface area contributed by atoms with Crippen molar-refractivity contribution in [3.63, 3.8) is 0 Å². The van der Waals surface area contributed by atoms with Gasteiger partial charge in [-0.3, -0.25) is 9.69 Å². The third kappa shape index (κ3) is 4.45. The quantitative estimate of drug-likeness (QED) is 0.772. The van der Waals surface area contributed by atoms with Gasteiger partial charge in [0.1, 0.15) is 5.69 Å². The Hall–Kier alpha value is -2.55. The van der Waals surface area contributed by atoms with Gasteiger partial charge in [-0.15, -0.1) is 0 Å². The maximum atomic E-state index is 12.6. The molecule has 0 spiro atoms. The fraction of sp³-hybridized carbons (Fsp3) is 0.500. The molecule has 8 heteroatoms. The van der Waals surface area contributed by atoms with Crippen LogP contribution in [-0.2, 0) is 16.9 Å². The summed E-state index contributed by atoms with van der Waals surface area (Å²) in [6, 6.07) is 9.53. The molecule has 2 aliphatic rings. The Morgan fingerprint density at radius 2 is 1.87 bits per heavy atom. The number of ketones is 1. The van der Waals surface area contributed by atoms with Gasteiger partial charge in [0.15, 0.2) is 5.78 Å². The molecule has 0 aliphatic carbocycles. The van der Waals surface area contributed by atoms with Crippen molar-refractivity contribution in [1.29, 1.82) is 0 Å². The summed E-state index contributed by atoms with van der Waals surface area (Å²) in [6.07, 6.45) is 2.78. The Morgan fingerprint density at radius 1 is 1.13 bits per heavy atom. The van der Waals surface area contributed by atoms with Gasteiger partial charge < -0.3 is 14.7 Å². The number of ether oxygens (including phenoxy) is 1. The topological polar surface area (TPSA) is 87.9 Å². The van der Waals surface area contributed by atoms with Crippen LogP contribution < -0.4 is 0 Å². The van der Waals surface area contributed by atoms with Crippen LogP contribution in [0.4, 0.5) is 4.79 Å². The van der Waals surface area contributed by atoms with E-state index in [1.807, 2.05) is 12.1 Å². The molecule has 4 rings (SSSR count). The highest BCUT2D eigenvalue weighted by Gasteiger charge is 2.32. The standard InChI is InChI=1S/C22H28N4O4/c1-17(27)20-5-8-26(23-20)21(28)25-11-9-24(10-12-25)16-18-3-2-4-19(15-18)22(29)6-13-30-14-7-22/h2-5,8,15,29H,6-7,9-14,16H2,1H3. The summed E-state index contributed by atoms with van der Waals surface area (Å²) in [4.78, 5) is 28.1. The molecule has 2 aliphatic heterocycles. The monoisotopic (exact) mass is 412 g/mol. The summed E-state index contributed by atoms with van der Waals surface area (Å²) in [6.45, 7) is 6.11. The van der Waals surface area contributed by atoms with Gasteiger partial charge in [0.25, 0.3) is 0 Å². The third-order valence-electron chi connectivity index (χ3n) is 5.98. The first-order valence-electron chi connectivity index (χ1n) is 10.4. The van der Waals surface area contributed by atoms with Crippen LogP contribution in [0.25, 0.3) is 0 Å². The number of Topliss-reactive ketones (excluding diaryl/α,β-unsaturated/α-hetero) is 1. The average molecular weight is 412 g/mol. The van der Waals surface area contributed by atoms with Crippen molar-refractivity contribution < 1.29 is 19.4 Å². The molecule has 1 amide bonds. The number of benzene rings is 1. The highest BCUT2D eigenvalue weighted by atomic mass is 16.5. The van der Waals surface area contributed by atoms with Crippen LogP contribution in [-0.4, -0.2) is 75.9 Å². The number of hydrogen-bond donors (Lipinski definition) is 1. The van der Waals surface area contributed by atoms with E-state index >= 15 is 0 Å². The molecule has 2 aromatic rings. The van der Waals surface area contributed by atoms with Crippen LogP contribution in [0.3, 0.4) is 0 Å². The summed E-state index contributed by atoms with van der Waals surface area (Å²) >= 11 is 0. The predicted molar refractivity (Wildman–Crippen MR) is 110 cm³/mol. The smallest absolute Gasteiger partial charge is 0.344 e. The van der Waals surface area contributed by atoms with Crippen LogP contribution in [0.5, 0.6) is 0 Å². The van der Waals surface area contributed by atoms with Gasteiger partial charge in [-0.1, -0.05) is 24.3 Å². The average Bonchev–Trinajstić information content (AvgIpc) is 3.25. The van der Waals surface area contributed by atoms with E-state index < -0.39 is 5.60 Å². The van der Waals surface area contributed by atoms with Gasteiger partial charge in [-0.2, -0.15) is 9.78 Å². The van der Waals surface area contributed by atoms with Gasteiger partial charge in [0.05, 0.1) is 5.60 Å². The van der Waals surface area contributed by atoms with Crippen molar-refractivity contribution >= 4 is 11.8 Å². The normalized spacial score (nSPS) is 19.6. The molecular weight excluding hydrogens is 384 g/mol. The highest BCUT2D eigenvalue weighted by molar-refractivity contribution is 5.92. The van der Waals surface area contributed by atoms with E-state index in [1.54, 1.807) is 11.0 Å². The van der Waals surface area contributed by atoms with Crippen LogP contribution in [0.2, 0.25) is 0 Å². The number of nitrogens with zero attached hydrogens (tertiary/aromatic N) is 4. The molecule has 1 N–H and O–H groups in total. The zero-order valence-electron chi connectivity index (χ0n) is 17.3. The zero-order chi connectivity index (χ0) is 21.1.